The molecule has 0 aromatic carbocycles. The Morgan fingerprint density at radius 3 is 2.90 bits per heavy atom. The van der Waals surface area contributed by atoms with Gasteiger partial charge in [-0.05, 0) is 36.7 Å². The van der Waals surface area contributed by atoms with E-state index in [1.807, 2.05) is 6.26 Å². The molecule has 1 saturated heterocycles. The second-order valence-corrected chi connectivity index (χ2v) is 6.98. The van der Waals surface area contributed by atoms with Crippen molar-refractivity contribution in [2.45, 2.75) is 24.5 Å². The first-order chi connectivity index (χ1) is 9.49. The number of esters is 1. The van der Waals surface area contributed by atoms with Crippen molar-refractivity contribution in [3.05, 3.63) is 12.2 Å². The summed E-state index contributed by atoms with van der Waals surface area (Å²) in [5.41, 5.74) is 4.69. The van der Waals surface area contributed by atoms with E-state index in [1.54, 1.807) is 11.8 Å². The molecule has 2 bridgehead atoms. The van der Waals surface area contributed by atoms with Crippen LogP contribution < -0.4 is 5.73 Å². The zero-order valence-corrected chi connectivity index (χ0v) is 12.1. The lowest BCUT2D eigenvalue weighted by atomic mass is 9.74. The molecule has 3 rings (SSSR count). The van der Waals surface area contributed by atoms with Gasteiger partial charge in [-0.1, -0.05) is 12.2 Å². The van der Waals surface area contributed by atoms with Crippen molar-refractivity contribution in [3.63, 3.8) is 0 Å². The molecule has 0 amide bonds. The number of ether oxygens (including phenoxy) is 1. The van der Waals surface area contributed by atoms with Gasteiger partial charge >= 0.3 is 11.9 Å². The van der Waals surface area contributed by atoms with E-state index in [0.717, 1.165) is 6.42 Å². The van der Waals surface area contributed by atoms with Gasteiger partial charge in [0.25, 0.3) is 0 Å². The van der Waals surface area contributed by atoms with E-state index >= 15 is 0 Å². The van der Waals surface area contributed by atoms with Crippen LogP contribution in [-0.2, 0) is 14.3 Å². The molecule has 1 heterocycles. The monoisotopic (exact) mass is 297 g/mol. The lowest BCUT2D eigenvalue weighted by Crippen LogP contribution is -2.60. The Bertz CT molecular complexity index is 480. The van der Waals surface area contributed by atoms with Crippen molar-refractivity contribution in [2.75, 3.05) is 12.0 Å². The SMILES string of the molecule is CSCC[C@](N)(C(=O)O)[C@H]1OC(=O)[C@H]2[C@@H]1[C@H]1C=C[C@@H]2C1. The van der Waals surface area contributed by atoms with Crippen molar-refractivity contribution in [2.24, 2.45) is 29.4 Å². The maximum Gasteiger partial charge on any atom is 0.327 e. The van der Waals surface area contributed by atoms with Gasteiger partial charge in [-0.3, -0.25) is 9.59 Å². The molecule has 3 aliphatic rings. The summed E-state index contributed by atoms with van der Waals surface area (Å²) in [6, 6.07) is 0. The number of carboxylic acid groups (broad SMARTS) is 1. The van der Waals surface area contributed by atoms with E-state index in [-0.39, 0.29) is 29.6 Å². The van der Waals surface area contributed by atoms with Gasteiger partial charge in [-0.2, -0.15) is 11.8 Å². The smallest absolute Gasteiger partial charge is 0.327 e. The van der Waals surface area contributed by atoms with E-state index < -0.39 is 17.6 Å². The summed E-state index contributed by atoms with van der Waals surface area (Å²) in [6.07, 6.45) is 6.61. The highest BCUT2D eigenvalue weighted by Crippen LogP contribution is 2.55. The van der Waals surface area contributed by atoms with Crippen molar-refractivity contribution < 1.29 is 19.4 Å². The van der Waals surface area contributed by atoms with Crippen LogP contribution in [0.1, 0.15) is 12.8 Å². The summed E-state index contributed by atoms with van der Waals surface area (Å²) in [7, 11) is 0. The first-order valence-corrected chi connectivity index (χ1v) is 8.28. The molecule has 1 aliphatic heterocycles. The number of cyclic esters (lactones) is 1. The van der Waals surface area contributed by atoms with Gasteiger partial charge in [0.1, 0.15) is 6.10 Å². The summed E-state index contributed by atoms with van der Waals surface area (Å²) in [5, 5.41) is 9.55. The number of hydrogen-bond acceptors (Lipinski definition) is 5. The number of hydrogen-bond donors (Lipinski definition) is 2. The van der Waals surface area contributed by atoms with Crippen LogP contribution in [-0.4, -0.2) is 40.7 Å². The van der Waals surface area contributed by atoms with Crippen LogP contribution in [0.3, 0.4) is 0 Å². The fraction of sp³-hybridized carbons (Fsp3) is 0.714. The molecule has 20 heavy (non-hydrogen) atoms. The van der Waals surface area contributed by atoms with Gasteiger partial charge < -0.3 is 15.6 Å². The second kappa shape index (κ2) is 4.77. The first-order valence-electron chi connectivity index (χ1n) is 6.89. The van der Waals surface area contributed by atoms with Gasteiger partial charge in [0, 0.05) is 5.92 Å². The molecule has 2 aliphatic carbocycles. The fourth-order valence-electron chi connectivity index (χ4n) is 3.98. The van der Waals surface area contributed by atoms with Crippen LogP contribution >= 0.6 is 11.8 Å². The summed E-state index contributed by atoms with van der Waals surface area (Å²) >= 11 is 1.55. The Morgan fingerprint density at radius 2 is 2.25 bits per heavy atom. The number of rotatable bonds is 5. The molecule has 2 fully saturated rings. The molecule has 0 radical (unpaired) electrons. The molecular weight excluding hydrogens is 278 g/mol. The third-order valence-electron chi connectivity index (χ3n) is 5.01. The number of allylic oxidation sites excluding steroid dienone is 2. The molecule has 0 aromatic heterocycles. The minimum Gasteiger partial charge on any atom is -0.480 e. The van der Waals surface area contributed by atoms with Gasteiger partial charge in [0.15, 0.2) is 5.54 Å². The van der Waals surface area contributed by atoms with Crippen LogP contribution in [0.5, 0.6) is 0 Å². The minimum atomic E-state index is -1.48. The Morgan fingerprint density at radius 1 is 1.55 bits per heavy atom. The number of carbonyl (C=O) groups excluding carboxylic acids is 1. The zero-order chi connectivity index (χ0) is 14.5. The van der Waals surface area contributed by atoms with Crippen molar-refractivity contribution in [3.8, 4) is 0 Å². The molecule has 5 nitrogen and oxygen atoms in total. The summed E-state index contributed by atoms with van der Waals surface area (Å²) in [4.78, 5) is 23.8. The fourth-order valence-corrected chi connectivity index (χ4v) is 4.52. The number of fused-ring (bicyclic) bond motifs is 5. The Kier molecular flexibility index (Phi) is 3.33. The lowest BCUT2D eigenvalue weighted by Gasteiger charge is -2.34. The molecule has 110 valence electrons. The number of carbonyl (C=O) groups is 2. The predicted octanol–water partition coefficient (Wildman–Crippen LogP) is 0.885. The summed E-state index contributed by atoms with van der Waals surface area (Å²) in [5.74, 6) is -0.516. The van der Waals surface area contributed by atoms with Gasteiger partial charge in [0.05, 0.1) is 5.92 Å². The number of carboxylic acids is 1. The third kappa shape index (κ3) is 1.81. The minimum absolute atomic E-state index is 0.0690. The van der Waals surface area contributed by atoms with E-state index in [0.29, 0.717) is 12.2 Å². The highest BCUT2D eigenvalue weighted by atomic mass is 32.2. The standard InChI is InChI=1S/C14H19NO4S/c1-20-5-4-14(15,13(17)18)11-9-7-2-3-8(6-7)10(9)12(16)19-11/h2-3,7-11H,4-6,15H2,1H3,(H,17,18)/t7-,8+,9-,10+,11-,14+/m0/s1. The van der Waals surface area contributed by atoms with Crippen molar-refractivity contribution in [1.82, 2.24) is 0 Å². The largest absolute Gasteiger partial charge is 0.480 e. The molecule has 0 spiro atoms. The van der Waals surface area contributed by atoms with Crippen LogP contribution in [0, 0.1) is 23.7 Å². The first kappa shape index (κ1) is 13.9. The van der Waals surface area contributed by atoms with Gasteiger partial charge in [0.2, 0.25) is 0 Å². The quantitative estimate of drug-likeness (QED) is 0.578. The normalized spacial score (nSPS) is 40.5. The highest BCUT2D eigenvalue weighted by Gasteiger charge is 2.63. The molecule has 3 N–H and O–H groups in total. The van der Waals surface area contributed by atoms with Gasteiger partial charge in [-0.15, -0.1) is 0 Å². The third-order valence-corrected chi connectivity index (χ3v) is 5.62. The van der Waals surface area contributed by atoms with E-state index in [1.165, 1.54) is 0 Å². The molecule has 0 unspecified atom stereocenters. The van der Waals surface area contributed by atoms with Gasteiger partial charge in [-0.25, -0.2) is 0 Å². The van der Waals surface area contributed by atoms with Crippen molar-refractivity contribution >= 4 is 23.7 Å². The predicted molar refractivity (Wildman–Crippen MR) is 75.2 cm³/mol. The molecule has 1 saturated carbocycles. The Labute approximate surface area is 121 Å². The summed E-state index contributed by atoms with van der Waals surface area (Å²) < 4.78 is 5.44. The van der Waals surface area contributed by atoms with E-state index in [9.17, 15) is 14.7 Å². The number of thioether (sulfide) groups is 1. The van der Waals surface area contributed by atoms with E-state index in [2.05, 4.69) is 12.2 Å². The Balaban J connectivity index is 1.90. The number of aliphatic carboxylic acids is 1. The Hall–Kier alpha value is -1.01. The average Bonchev–Trinajstić information content (AvgIpc) is 3.08. The second-order valence-electron chi connectivity index (χ2n) is 6.00. The van der Waals surface area contributed by atoms with E-state index in [4.69, 9.17) is 10.5 Å². The average molecular weight is 297 g/mol. The number of nitrogens with two attached hydrogens (primary N) is 1. The zero-order valence-electron chi connectivity index (χ0n) is 11.3. The maximum atomic E-state index is 12.1. The molecule has 0 aromatic rings. The molecule has 6 heteroatoms. The van der Waals surface area contributed by atoms with Crippen molar-refractivity contribution in [1.29, 1.82) is 0 Å². The summed E-state index contributed by atoms with van der Waals surface area (Å²) in [6.45, 7) is 0. The van der Waals surface area contributed by atoms with Crippen LogP contribution in [0.4, 0.5) is 0 Å². The van der Waals surface area contributed by atoms with Crippen LogP contribution in [0.25, 0.3) is 0 Å². The van der Waals surface area contributed by atoms with Crippen LogP contribution in [0.2, 0.25) is 0 Å². The maximum absolute atomic E-state index is 12.1. The lowest BCUT2D eigenvalue weighted by molar-refractivity contribution is -0.156. The topological polar surface area (TPSA) is 89.6 Å². The van der Waals surface area contributed by atoms with Crippen LogP contribution in [0.15, 0.2) is 12.2 Å². The molecule has 6 atom stereocenters. The highest BCUT2D eigenvalue weighted by molar-refractivity contribution is 7.98. The molecular formula is C14H19NO4S.